The first-order valence-corrected chi connectivity index (χ1v) is 6.22. The summed E-state index contributed by atoms with van der Waals surface area (Å²) in [4.78, 5) is 11.8. The van der Waals surface area contributed by atoms with Crippen LogP contribution in [0.2, 0.25) is 10.3 Å². The van der Waals surface area contributed by atoms with Crippen LogP contribution in [0.4, 0.5) is 22.0 Å². The fourth-order valence-corrected chi connectivity index (χ4v) is 1.70. The zero-order valence-electron chi connectivity index (χ0n) is 9.91. The van der Waals surface area contributed by atoms with Crippen LogP contribution >= 0.6 is 23.2 Å². The smallest absolute Gasteiger partial charge is 0.233 e. The van der Waals surface area contributed by atoms with Crippen molar-refractivity contribution in [2.24, 2.45) is 0 Å². The molecule has 0 amide bonds. The van der Waals surface area contributed by atoms with E-state index >= 15 is 0 Å². The Balaban J connectivity index is 2.30. The maximum atomic E-state index is 13.7. The Kier molecular flexibility index (Phi) is 4.34. The van der Waals surface area contributed by atoms with Crippen LogP contribution in [-0.2, 0) is 0 Å². The third kappa shape index (κ3) is 3.42. The Bertz CT molecular complexity index is 593. The molecule has 2 aromatic rings. The second-order valence-corrected chi connectivity index (χ2v) is 4.25. The summed E-state index contributed by atoms with van der Waals surface area (Å²) in [5.41, 5.74) is 0.164. The second kappa shape index (κ2) is 5.99. The van der Waals surface area contributed by atoms with Crippen LogP contribution in [0.15, 0.2) is 18.2 Å². The van der Waals surface area contributed by atoms with Gasteiger partial charge in [-0.1, -0.05) is 17.7 Å². The molecule has 1 heterocycles. The van der Waals surface area contributed by atoms with E-state index in [1.165, 1.54) is 12.1 Å². The molecule has 0 aliphatic heterocycles. The quantitative estimate of drug-likeness (QED) is 0.905. The molecule has 100 valence electrons. The van der Waals surface area contributed by atoms with Crippen molar-refractivity contribution in [1.29, 1.82) is 0 Å². The summed E-state index contributed by atoms with van der Waals surface area (Å²) in [7, 11) is 0. The molecule has 5 nitrogen and oxygen atoms in total. The molecule has 0 aliphatic rings. The first-order chi connectivity index (χ1) is 9.10. The van der Waals surface area contributed by atoms with Gasteiger partial charge in [0, 0.05) is 6.54 Å². The topological polar surface area (TPSA) is 62.7 Å². The summed E-state index contributed by atoms with van der Waals surface area (Å²) < 4.78 is 13.7. The number of benzene rings is 1. The van der Waals surface area contributed by atoms with Gasteiger partial charge in [-0.2, -0.15) is 15.0 Å². The number of rotatable bonds is 4. The Morgan fingerprint density at radius 2 is 1.89 bits per heavy atom. The fourth-order valence-electron chi connectivity index (χ4n) is 1.36. The average molecular weight is 302 g/mol. The molecule has 0 spiro atoms. The van der Waals surface area contributed by atoms with E-state index in [0.717, 1.165) is 0 Å². The van der Waals surface area contributed by atoms with E-state index in [9.17, 15) is 4.39 Å². The summed E-state index contributed by atoms with van der Waals surface area (Å²) >= 11 is 11.4. The van der Waals surface area contributed by atoms with Gasteiger partial charge >= 0.3 is 0 Å². The number of aromatic nitrogens is 3. The monoisotopic (exact) mass is 301 g/mol. The molecule has 2 N–H and O–H groups in total. The number of hydrogen-bond acceptors (Lipinski definition) is 5. The maximum Gasteiger partial charge on any atom is 0.233 e. The molecular formula is C11H10Cl2FN5. The minimum absolute atomic E-state index is 0.0101. The predicted molar refractivity (Wildman–Crippen MR) is 73.7 cm³/mol. The zero-order chi connectivity index (χ0) is 13.8. The van der Waals surface area contributed by atoms with Gasteiger partial charge in [-0.3, -0.25) is 0 Å². The van der Waals surface area contributed by atoms with Gasteiger partial charge in [0.2, 0.25) is 17.2 Å². The van der Waals surface area contributed by atoms with Gasteiger partial charge in [-0.05, 0) is 30.7 Å². The number of anilines is 3. The Morgan fingerprint density at radius 1 is 1.16 bits per heavy atom. The average Bonchev–Trinajstić information content (AvgIpc) is 2.35. The molecule has 0 fully saturated rings. The third-order valence-electron chi connectivity index (χ3n) is 2.14. The zero-order valence-corrected chi connectivity index (χ0v) is 11.4. The van der Waals surface area contributed by atoms with Gasteiger partial charge in [0.25, 0.3) is 0 Å². The van der Waals surface area contributed by atoms with E-state index < -0.39 is 5.82 Å². The van der Waals surface area contributed by atoms with Crippen LogP contribution < -0.4 is 10.6 Å². The number of nitrogens with one attached hydrogen (secondary N) is 2. The SMILES string of the molecule is CCNc1nc(Cl)nc(Nc2cccc(Cl)c2F)n1. The lowest BCUT2D eigenvalue weighted by atomic mass is 10.3. The summed E-state index contributed by atoms with van der Waals surface area (Å²) in [5.74, 6) is -0.129. The normalized spacial score (nSPS) is 10.3. The Morgan fingerprint density at radius 3 is 2.63 bits per heavy atom. The molecule has 8 heteroatoms. The minimum atomic E-state index is -0.578. The minimum Gasteiger partial charge on any atom is -0.354 e. The van der Waals surface area contributed by atoms with Gasteiger partial charge < -0.3 is 10.6 Å². The molecule has 0 unspecified atom stereocenters. The van der Waals surface area contributed by atoms with Crippen molar-refractivity contribution in [1.82, 2.24) is 15.0 Å². The molecule has 1 aromatic carbocycles. The largest absolute Gasteiger partial charge is 0.354 e. The molecular weight excluding hydrogens is 292 g/mol. The lowest BCUT2D eigenvalue weighted by molar-refractivity contribution is 0.632. The molecule has 0 saturated heterocycles. The predicted octanol–water partition coefficient (Wildman–Crippen LogP) is 3.49. The standard InChI is InChI=1S/C11H10Cl2FN5/c1-2-15-10-17-9(13)18-11(19-10)16-7-5-3-4-6(12)8(7)14/h3-5H,2H2,1H3,(H2,15,16,17,18,19). The van der Waals surface area contributed by atoms with Gasteiger partial charge in [0.15, 0.2) is 5.82 Å². The van der Waals surface area contributed by atoms with Gasteiger partial charge in [-0.25, -0.2) is 4.39 Å². The van der Waals surface area contributed by atoms with Crippen LogP contribution in [0.3, 0.4) is 0 Å². The van der Waals surface area contributed by atoms with Crippen LogP contribution in [0, 0.1) is 5.82 Å². The van der Waals surface area contributed by atoms with Crippen molar-refractivity contribution in [3.05, 3.63) is 34.3 Å². The Labute approximate surface area is 119 Å². The van der Waals surface area contributed by atoms with E-state index in [-0.39, 0.29) is 21.9 Å². The van der Waals surface area contributed by atoms with Crippen LogP contribution in [0.5, 0.6) is 0 Å². The Hall–Kier alpha value is -1.66. The highest BCUT2D eigenvalue weighted by Gasteiger charge is 2.09. The molecule has 0 bridgehead atoms. The number of nitrogens with zero attached hydrogens (tertiary/aromatic N) is 3. The van der Waals surface area contributed by atoms with Crippen molar-refractivity contribution in [2.45, 2.75) is 6.92 Å². The van der Waals surface area contributed by atoms with Gasteiger partial charge in [0.05, 0.1) is 10.7 Å². The van der Waals surface area contributed by atoms with E-state index in [0.29, 0.717) is 12.5 Å². The third-order valence-corrected chi connectivity index (χ3v) is 2.60. The highest BCUT2D eigenvalue weighted by atomic mass is 35.5. The highest BCUT2D eigenvalue weighted by molar-refractivity contribution is 6.31. The lowest BCUT2D eigenvalue weighted by Gasteiger charge is -2.08. The van der Waals surface area contributed by atoms with Crippen molar-refractivity contribution in [3.8, 4) is 0 Å². The summed E-state index contributed by atoms with van der Waals surface area (Å²) in [6.45, 7) is 2.52. The molecule has 19 heavy (non-hydrogen) atoms. The van der Waals surface area contributed by atoms with Crippen molar-refractivity contribution < 1.29 is 4.39 Å². The van der Waals surface area contributed by atoms with Crippen LogP contribution in [0.25, 0.3) is 0 Å². The molecule has 0 saturated carbocycles. The maximum absolute atomic E-state index is 13.7. The van der Waals surface area contributed by atoms with Crippen molar-refractivity contribution in [3.63, 3.8) is 0 Å². The van der Waals surface area contributed by atoms with Crippen molar-refractivity contribution in [2.75, 3.05) is 17.2 Å². The lowest BCUT2D eigenvalue weighted by Crippen LogP contribution is -2.07. The van der Waals surface area contributed by atoms with E-state index in [1.807, 2.05) is 6.92 Å². The van der Waals surface area contributed by atoms with Crippen molar-refractivity contribution >= 4 is 40.8 Å². The van der Waals surface area contributed by atoms with E-state index in [1.54, 1.807) is 6.07 Å². The summed E-state index contributed by atoms with van der Waals surface area (Å²) in [6.07, 6.45) is 0. The summed E-state index contributed by atoms with van der Waals surface area (Å²) in [6, 6.07) is 4.58. The second-order valence-electron chi connectivity index (χ2n) is 3.51. The summed E-state index contributed by atoms with van der Waals surface area (Å²) in [5, 5.41) is 5.62. The first-order valence-electron chi connectivity index (χ1n) is 5.46. The molecule has 0 radical (unpaired) electrons. The molecule has 0 atom stereocenters. The van der Waals surface area contributed by atoms with Gasteiger partial charge in [0.1, 0.15) is 0 Å². The highest BCUT2D eigenvalue weighted by Crippen LogP contribution is 2.24. The van der Waals surface area contributed by atoms with E-state index in [2.05, 4.69) is 25.6 Å². The molecule has 1 aromatic heterocycles. The van der Waals surface area contributed by atoms with Crippen LogP contribution in [-0.4, -0.2) is 21.5 Å². The molecule has 0 aliphatic carbocycles. The fraction of sp³-hybridized carbons (Fsp3) is 0.182. The van der Waals surface area contributed by atoms with Gasteiger partial charge in [-0.15, -0.1) is 0 Å². The number of halogens is 3. The van der Waals surface area contributed by atoms with E-state index in [4.69, 9.17) is 23.2 Å². The first kappa shape index (κ1) is 13.8. The number of hydrogen-bond donors (Lipinski definition) is 2. The molecule has 2 rings (SSSR count). The van der Waals surface area contributed by atoms with Crippen LogP contribution in [0.1, 0.15) is 6.92 Å².